The predicted molar refractivity (Wildman–Crippen MR) is 96.9 cm³/mol. The second-order valence-corrected chi connectivity index (χ2v) is 6.68. The van der Waals surface area contributed by atoms with E-state index in [0.717, 1.165) is 25.9 Å². The summed E-state index contributed by atoms with van der Waals surface area (Å²) in [6.45, 7) is 2.69. The van der Waals surface area contributed by atoms with E-state index >= 15 is 0 Å². The zero-order valence-electron chi connectivity index (χ0n) is 14.4. The Morgan fingerprint density at radius 3 is 2.59 bits per heavy atom. The Kier molecular flexibility index (Phi) is 4.19. The minimum atomic E-state index is -1.60. The van der Waals surface area contributed by atoms with Gasteiger partial charge < -0.3 is 24.6 Å². The van der Waals surface area contributed by atoms with E-state index in [4.69, 9.17) is 5.11 Å². The van der Waals surface area contributed by atoms with Gasteiger partial charge >= 0.3 is 6.16 Å². The Balaban J connectivity index is 1.96. The molecule has 0 atom stereocenters. The summed E-state index contributed by atoms with van der Waals surface area (Å²) in [7, 11) is 0. The van der Waals surface area contributed by atoms with Crippen LogP contribution in [0.1, 0.15) is 18.9 Å². The maximum atomic E-state index is 12.7. The first-order valence-electron chi connectivity index (χ1n) is 8.69. The molecule has 1 saturated carbocycles. The number of benzene rings is 1. The number of pyridine rings is 1. The molecule has 2 fully saturated rings. The summed E-state index contributed by atoms with van der Waals surface area (Å²) in [4.78, 5) is 36.6. The third-order valence-corrected chi connectivity index (χ3v) is 4.89. The van der Waals surface area contributed by atoms with E-state index in [-0.39, 0.29) is 22.9 Å². The van der Waals surface area contributed by atoms with Crippen LogP contribution in [0.3, 0.4) is 0 Å². The van der Waals surface area contributed by atoms with E-state index in [1.807, 2.05) is 4.90 Å². The summed E-state index contributed by atoms with van der Waals surface area (Å²) < 4.78 is 6.41. The average Bonchev–Trinajstić information content (AvgIpc) is 3.48. The van der Waals surface area contributed by atoms with Gasteiger partial charge in [0.25, 0.3) is 5.69 Å². The Morgan fingerprint density at radius 1 is 1.30 bits per heavy atom. The number of ether oxygens (including phenoxy) is 1. The molecule has 2 aliphatic rings. The fraction of sp³-hybridized carbons (Fsp3) is 0.412. The molecule has 0 amide bonds. The highest BCUT2D eigenvalue weighted by molar-refractivity contribution is 5.89. The maximum Gasteiger partial charge on any atom is 0.511 e. The topological polar surface area (TPSA) is 127 Å². The lowest BCUT2D eigenvalue weighted by atomic mass is 10.1. The molecule has 1 aromatic carbocycles. The van der Waals surface area contributed by atoms with Gasteiger partial charge in [-0.3, -0.25) is 14.9 Å². The number of nitro benzene ring substituents is 1. The maximum absolute atomic E-state index is 12.7. The molecule has 2 aromatic rings. The molecule has 1 saturated heterocycles. The first-order valence-corrected chi connectivity index (χ1v) is 8.69. The summed E-state index contributed by atoms with van der Waals surface area (Å²) in [5.41, 5.74) is 0.185. The van der Waals surface area contributed by atoms with Crippen LogP contribution in [0.25, 0.3) is 10.9 Å². The number of nitro groups is 1. The van der Waals surface area contributed by atoms with Crippen molar-refractivity contribution in [2.75, 3.05) is 31.1 Å². The second kappa shape index (κ2) is 6.54. The number of hydrogen-bond acceptors (Lipinski definition) is 7. The highest BCUT2D eigenvalue weighted by Gasteiger charge is 2.29. The van der Waals surface area contributed by atoms with Crippen molar-refractivity contribution in [2.24, 2.45) is 0 Å². The molecule has 10 heteroatoms. The number of carbonyl (C=O) groups is 1. The molecule has 2 N–H and O–H groups in total. The smallest absolute Gasteiger partial charge is 0.449 e. The molecule has 0 bridgehead atoms. The quantitative estimate of drug-likeness (QED) is 0.470. The van der Waals surface area contributed by atoms with Gasteiger partial charge in [-0.05, 0) is 18.9 Å². The van der Waals surface area contributed by atoms with E-state index in [9.17, 15) is 19.7 Å². The molecular formula is C17H18N4O6. The second-order valence-electron chi connectivity index (χ2n) is 6.68. The van der Waals surface area contributed by atoms with Gasteiger partial charge in [0, 0.05) is 38.3 Å². The molecule has 0 unspecified atom stereocenters. The van der Waals surface area contributed by atoms with E-state index < -0.39 is 16.5 Å². The van der Waals surface area contributed by atoms with Crippen LogP contribution in [0.5, 0.6) is 5.75 Å². The van der Waals surface area contributed by atoms with Gasteiger partial charge in [-0.2, -0.15) is 0 Å². The zero-order valence-corrected chi connectivity index (χ0v) is 14.4. The van der Waals surface area contributed by atoms with Crippen LogP contribution in [-0.4, -0.2) is 46.9 Å². The summed E-state index contributed by atoms with van der Waals surface area (Å²) in [6.07, 6.45) is 1.58. The van der Waals surface area contributed by atoms with Crippen LogP contribution in [0.15, 0.2) is 23.1 Å². The normalized spacial score (nSPS) is 17.1. The number of anilines is 1. The SMILES string of the molecule is O=C(O)Oc1cn(C2CC2)c2cc(N3CCNCC3)c([N+](=O)[O-])cc2c1=O. The van der Waals surface area contributed by atoms with E-state index in [1.54, 1.807) is 10.6 Å². The van der Waals surface area contributed by atoms with Crippen molar-refractivity contribution >= 4 is 28.4 Å². The molecule has 2 heterocycles. The Labute approximate surface area is 153 Å². The van der Waals surface area contributed by atoms with Crippen LogP contribution in [-0.2, 0) is 0 Å². The summed E-state index contributed by atoms with van der Waals surface area (Å²) in [5, 5.41) is 23.8. The average molecular weight is 374 g/mol. The van der Waals surface area contributed by atoms with Crippen molar-refractivity contribution in [3.8, 4) is 5.75 Å². The van der Waals surface area contributed by atoms with E-state index in [0.29, 0.717) is 24.3 Å². The summed E-state index contributed by atoms with van der Waals surface area (Å²) >= 11 is 0. The van der Waals surface area contributed by atoms with Crippen LogP contribution < -0.4 is 20.4 Å². The van der Waals surface area contributed by atoms with Gasteiger partial charge in [0.1, 0.15) is 5.69 Å². The van der Waals surface area contributed by atoms with Gasteiger partial charge in [0.05, 0.1) is 22.0 Å². The highest BCUT2D eigenvalue weighted by Crippen LogP contribution is 2.40. The van der Waals surface area contributed by atoms with Gasteiger partial charge in [-0.1, -0.05) is 0 Å². The molecule has 0 spiro atoms. The number of nitrogens with zero attached hydrogens (tertiary/aromatic N) is 3. The minimum absolute atomic E-state index is 0.0891. The van der Waals surface area contributed by atoms with Crippen LogP contribution in [0.2, 0.25) is 0 Å². The van der Waals surface area contributed by atoms with E-state index in [2.05, 4.69) is 10.1 Å². The summed E-state index contributed by atoms with van der Waals surface area (Å²) in [6, 6.07) is 3.03. The fourth-order valence-corrected chi connectivity index (χ4v) is 3.48. The number of aromatic nitrogens is 1. The molecule has 10 nitrogen and oxygen atoms in total. The van der Waals surface area contributed by atoms with Gasteiger partial charge in [0.2, 0.25) is 5.43 Å². The molecule has 4 rings (SSSR count). The van der Waals surface area contributed by atoms with Crippen molar-refractivity contribution in [3.63, 3.8) is 0 Å². The molecule has 1 aliphatic heterocycles. The third-order valence-electron chi connectivity index (χ3n) is 4.89. The predicted octanol–water partition coefficient (Wildman–Crippen LogP) is 1.71. The van der Waals surface area contributed by atoms with Crippen molar-refractivity contribution in [1.82, 2.24) is 9.88 Å². The van der Waals surface area contributed by atoms with E-state index in [1.165, 1.54) is 12.3 Å². The largest absolute Gasteiger partial charge is 0.511 e. The van der Waals surface area contributed by atoms with Crippen molar-refractivity contribution in [2.45, 2.75) is 18.9 Å². The fourth-order valence-electron chi connectivity index (χ4n) is 3.48. The Morgan fingerprint density at radius 2 is 2.00 bits per heavy atom. The lowest BCUT2D eigenvalue weighted by Gasteiger charge is -2.29. The molecule has 1 aromatic heterocycles. The Bertz CT molecular complexity index is 991. The van der Waals surface area contributed by atoms with Crippen LogP contribution in [0, 0.1) is 10.1 Å². The number of carboxylic acid groups (broad SMARTS) is 1. The summed E-state index contributed by atoms with van der Waals surface area (Å²) in [5.74, 6) is -0.342. The molecular weight excluding hydrogens is 356 g/mol. The van der Waals surface area contributed by atoms with Gasteiger partial charge in [0.15, 0.2) is 5.75 Å². The molecule has 0 radical (unpaired) electrons. The van der Waals surface area contributed by atoms with Gasteiger partial charge in [-0.25, -0.2) is 4.79 Å². The first kappa shape index (κ1) is 17.3. The van der Waals surface area contributed by atoms with Gasteiger partial charge in [-0.15, -0.1) is 0 Å². The number of hydrogen-bond donors (Lipinski definition) is 2. The highest BCUT2D eigenvalue weighted by atomic mass is 16.7. The van der Waals surface area contributed by atoms with Crippen molar-refractivity contribution in [3.05, 3.63) is 38.7 Å². The Hall–Kier alpha value is -3.14. The van der Waals surface area contributed by atoms with Crippen molar-refractivity contribution < 1.29 is 19.6 Å². The molecule has 27 heavy (non-hydrogen) atoms. The molecule has 1 aliphatic carbocycles. The minimum Gasteiger partial charge on any atom is -0.449 e. The van der Waals surface area contributed by atoms with Crippen LogP contribution in [0.4, 0.5) is 16.2 Å². The monoisotopic (exact) mass is 374 g/mol. The zero-order chi connectivity index (χ0) is 19.1. The number of nitrogens with one attached hydrogen (secondary N) is 1. The van der Waals surface area contributed by atoms with Crippen molar-refractivity contribution in [1.29, 1.82) is 0 Å². The number of piperazine rings is 1. The lowest BCUT2D eigenvalue weighted by molar-refractivity contribution is -0.384. The third kappa shape index (κ3) is 3.19. The molecule has 142 valence electrons. The number of rotatable bonds is 4. The van der Waals surface area contributed by atoms with Crippen LogP contribution >= 0.6 is 0 Å². The number of fused-ring (bicyclic) bond motifs is 1. The standard InChI is InChI=1S/C17H18N4O6/c22-16-11-7-14(21(25)26)13(19-5-3-18-4-6-19)8-12(11)20(10-1-2-10)9-15(16)27-17(23)24/h7-10,18H,1-6H2,(H,23,24). The lowest BCUT2D eigenvalue weighted by Crippen LogP contribution is -2.43. The first-order chi connectivity index (χ1) is 13.0.